The van der Waals surface area contributed by atoms with Crippen LogP contribution in [0.25, 0.3) is 0 Å². The van der Waals surface area contributed by atoms with Crippen molar-refractivity contribution in [2.45, 2.75) is 25.2 Å². The molecule has 0 bridgehead atoms. The Morgan fingerprint density at radius 1 is 1.46 bits per heavy atom. The molecule has 0 spiro atoms. The van der Waals surface area contributed by atoms with E-state index in [0.717, 1.165) is 12.8 Å². The summed E-state index contributed by atoms with van der Waals surface area (Å²) < 4.78 is 25.7. The summed E-state index contributed by atoms with van der Waals surface area (Å²) in [6.07, 6.45) is 1.16. The molecule has 1 heterocycles. The van der Waals surface area contributed by atoms with Crippen LogP contribution in [0.15, 0.2) is 16.7 Å². The Kier molecular flexibility index (Phi) is 2.32. The molecule has 0 amide bonds. The van der Waals surface area contributed by atoms with Crippen LogP contribution in [0.2, 0.25) is 0 Å². The minimum atomic E-state index is -2.42. The maximum Gasteiger partial charge on any atom is 0.265 e. The standard InChI is InChI=1S/C9H8BrF2N/c10-6-3-7(9(11)12)8(13-4-6)5-1-2-5/h3-5,9H,1-2H2. The molecule has 0 aliphatic heterocycles. The molecule has 0 aromatic carbocycles. The summed E-state index contributed by atoms with van der Waals surface area (Å²) in [5, 5.41) is 0. The largest absolute Gasteiger partial charge is 0.265 e. The molecule has 1 nitrogen and oxygen atoms in total. The zero-order valence-corrected chi connectivity index (χ0v) is 8.39. The zero-order chi connectivity index (χ0) is 9.42. The highest BCUT2D eigenvalue weighted by Gasteiger charge is 2.29. The average Bonchev–Trinajstić information content (AvgIpc) is 2.87. The van der Waals surface area contributed by atoms with Gasteiger partial charge in [-0.1, -0.05) is 0 Å². The Morgan fingerprint density at radius 3 is 2.69 bits per heavy atom. The lowest BCUT2D eigenvalue weighted by Crippen LogP contribution is -1.96. The van der Waals surface area contributed by atoms with Crippen molar-refractivity contribution in [2.24, 2.45) is 0 Å². The molecular weight excluding hydrogens is 240 g/mol. The molecule has 1 aliphatic rings. The van der Waals surface area contributed by atoms with E-state index in [1.54, 1.807) is 6.20 Å². The van der Waals surface area contributed by atoms with E-state index in [2.05, 4.69) is 20.9 Å². The summed E-state index contributed by atoms with van der Waals surface area (Å²) in [5.74, 6) is 0.275. The molecule has 0 atom stereocenters. The van der Waals surface area contributed by atoms with Gasteiger partial charge in [0.1, 0.15) is 0 Å². The summed E-state index contributed by atoms with van der Waals surface area (Å²) in [6, 6.07) is 1.46. The minimum absolute atomic E-state index is 0.0804. The molecule has 1 aromatic heterocycles. The number of halogens is 3. The third kappa shape index (κ3) is 1.88. The van der Waals surface area contributed by atoms with E-state index in [4.69, 9.17) is 0 Å². The van der Waals surface area contributed by atoms with Crippen molar-refractivity contribution < 1.29 is 8.78 Å². The second kappa shape index (κ2) is 3.33. The Morgan fingerprint density at radius 2 is 2.15 bits per heavy atom. The summed E-state index contributed by atoms with van der Waals surface area (Å²) in [5.41, 5.74) is 0.662. The zero-order valence-electron chi connectivity index (χ0n) is 6.80. The van der Waals surface area contributed by atoms with Crippen LogP contribution in [0.1, 0.15) is 36.4 Å². The number of nitrogens with zero attached hydrogens (tertiary/aromatic N) is 1. The molecule has 1 saturated carbocycles. The van der Waals surface area contributed by atoms with Crippen molar-refractivity contribution in [3.05, 3.63) is 28.0 Å². The number of pyridine rings is 1. The predicted molar refractivity (Wildman–Crippen MR) is 48.9 cm³/mol. The summed E-state index contributed by atoms with van der Waals surface area (Å²) in [7, 11) is 0. The van der Waals surface area contributed by atoms with Gasteiger partial charge in [0.05, 0.1) is 5.69 Å². The van der Waals surface area contributed by atoms with Crippen molar-refractivity contribution in [2.75, 3.05) is 0 Å². The van der Waals surface area contributed by atoms with Crippen molar-refractivity contribution in [1.82, 2.24) is 4.98 Å². The third-order valence-corrected chi connectivity index (χ3v) is 2.55. The lowest BCUT2D eigenvalue weighted by atomic mass is 10.1. The van der Waals surface area contributed by atoms with Crippen LogP contribution in [0.3, 0.4) is 0 Å². The van der Waals surface area contributed by atoms with Crippen LogP contribution >= 0.6 is 15.9 Å². The number of aromatic nitrogens is 1. The van der Waals surface area contributed by atoms with Crippen molar-refractivity contribution in [3.63, 3.8) is 0 Å². The molecule has 1 aliphatic carbocycles. The fraction of sp³-hybridized carbons (Fsp3) is 0.444. The van der Waals surface area contributed by atoms with Gasteiger partial charge >= 0.3 is 0 Å². The third-order valence-electron chi connectivity index (χ3n) is 2.12. The fourth-order valence-electron chi connectivity index (χ4n) is 1.34. The normalized spacial score (nSPS) is 16.6. The first-order chi connectivity index (χ1) is 6.18. The van der Waals surface area contributed by atoms with E-state index < -0.39 is 6.43 Å². The number of alkyl halides is 2. The molecule has 0 N–H and O–H groups in total. The van der Waals surface area contributed by atoms with Crippen LogP contribution in [0.4, 0.5) is 8.78 Å². The van der Waals surface area contributed by atoms with E-state index in [1.807, 2.05) is 0 Å². The number of rotatable bonds is 2. The van der Waals surface area contributed by atoms with E-state index >= 15 is 0 Å². The van der Waals surface area contributed by atoms with Crippen LogP contribution in [-0.2, 0) is 0 Å². The molecule has 2 rings (SSSR count). The summed E-state index contributed by atoms with van der Waals surface area (Å²) >= 11 is 3.14. The summed E-state index contributed by atoms with van der Waals surface area (Å²) in [6.45, 7) is 0. The van der Waals surface area contributed by atoms with Gasteiger partial charge in [0.15, 0.2) is 0 Å². The number of hydrogen-bond acceptors (Lipinski definition) is 1. The Bertz CT molecular complexity index is 323. The lowest BCUT2D eigenvalue weighted by molar-refractivity contribution is 0.149. The molecule has 1 aromatic rings. The molecule has 0 unspecified atom stereocenters. The van der Waals surface area contributed by atoms with Crippen LogP contribution in [0, 0.1) is 0 Å². The molecule has 0 radical (unpaired) electrons. The highest BCUT2D eigenvalue weighted by molar-refractivity contribution is 9.10. The van der Waals surface area contributed by atoms with E-state index in [9.17, 15) is 8.78 Å². The van der Waals surface area contributed by atoms with Gasteiger partial charge < -0.3 is 0 Å². The SMILES string of the molecule is FC(F)c1cc(Br)cnc1C1CC1. The van der Waals surface area contributed by atoms with Gasteiger partial charge in [-0.3, -0.25) is 4.98 Å². The topological polar surface area (TPSA) is 12.9 Å². The molecule has 4 heteroatoms. The van der Waals surface area contributed by atoms with Gasteiger partial charge in [-0.25, -0.2) is 8.78 Å². The lowest BCUT2D eigenvalue weighted by Gasteiger charge is -2.06. The molecule has 0 saturated heterocycles. The van der Waals surface area contributed by atoms with Crippen molar-refractivity contribution in [1.29, 1.82) is 0 Å². The van der Waals surface area contributed by atoms with E-state index in [-0.39, 0.29) is 11.5 Å². The van der Waals surface area contributed by atoms with Gasteiger partial charge in [0.2, 0.25) is 0 Å². The first-order valence-electron chi connectivity index (χ1n) is 4.12. The quantitative estimate of drug-likeness (QED) is 0.778. The van der Waals surface area contributed by atoms with Gasteiger partial charge in [-0.15, -0.1) is 0 Å². The minimum Gasteiger partial charge on any atom is -0.259 e. The van der Waals surface area contributed by atoms with Crippen molar-refractivity contribution >= 4 is 15.9 Å². The molecule has 70 valence electrons. The monoisotopic (exact) mass is 247 g/mol. The molecule has 1 fully saturated rings. The van der Waals surface area contributed by atoms with Gasteiger partial charge in [0, 0.05) is 22.2 Å². The highest BCUT2D eigenvalue weighted by Crippen LogP contribution is 2.43. The Labute approximate surface area is 83.3 Å². The van der Waals surface area contributed by atoms with Crippen LogP contribution < -0.4 is 0 Å². The van der Waals surface area contributed by atoms with Crippen LogP contribution in [0.5, 0.6) is 0 Å². The molecule has 13 heavy (non-hydrogen) atoms. The smallest absolute Gasteiger partial charge is 0.259 e. The summed E-state index contributed by atoms with van der Waals surface area (Å²) in [4.78, 5) is 4.03. The predicted octanol–water partition coefficient (Wildman–Crippen LogP) is 3.66. The Balaban J connectivity index is 2.41. The van der Waals surface area contributed by atoms with Crippen LogP contribution in [-0.4, -0.2) is 4.98 Å². The number of hydrogen-bond donors (Lipinski definition) is 0. The van der Waals surface area contributed by atoms with Crippen molar-refractivity contribution in [3.8, 4) is 0 Å². The van der Waals surface area contributed by atoms with E-state index in [1.165, 1.54) is 6.07 Å². The maximum atomic E-state index is 12.5. The highest BCUT2D eigenvalue weighted by atomic mass is 79.9. The molecular formula is C9H8BrF2N. The second-order valence-electron chi connectivity index (χ2n) is 3.20. The maximum absolute atomic E-state index is 12.5. The van der Waals surface area contributed by atoms with Gasteiger partial charge in [-0.2, -0.15) is 0 Å². The first-order valence-corrected chi connectivity index (χ1v) is 4.91. The average molecular weight is 248 g/mol. The second-order valence-corrected chi connectivity index (χ2v) is 4.12. The van der Waals surface area contributed by atoms with E-state index in [0.29, 0.717) is 10.2 Å². The Hall–Kier alpha value is -0.510. The first kappa shape index (κ1) is 9.06. The van der Waals surface area contributed by atoms with Gasteiger partial charge in [-0.05, 0) is 34.8 Å². The van der Waals surface area contributed by atoms with Gasteiger partial charge in [0.25, 0.3) is 6.43 Å². The fourth-order valence-corrected chi connectivity index (χ4v) is 1.69.